The second kappa shape index (κ2) is 3.16. The van der Waals surface area contributed by atoms with Crippen molar-refractivity contribution in [2.75, 3.05) is 7.11 Å². The molecule has 1 heterocycles. The van der Waals surface area contributed by atoms with Crippen LogP contribution in [-0.2, 0) is 11.3 Å². The summed E-state index contributed by atoms with van der Waals surface area (Å²) in [6.45, 7) is 0.127. The van der Waals surface area contributed by atoms with Gasteiger partial charge in [-0.1, -0.05) is 0 Å². The van der Waals surface area contributed by atoms with Gasteiger partial charge in [0.2, 0.25) is 0 Å². The molecule has 1 rings (SSSR count). The first-order valence-corrected chi connectivity index (χ1v) is 2.90. The molecule has 0 radical (unpaired) electrons. The molecule has 0 saturated heterocycles. The first-order chi connectivity index (χ1) is 5.25. The van der Waals surface area contributed by atoms with Gasteiger partial charge in [0, 0.05) is 7.11 Å². The zero-order chi connectivity index (χ0) is 8.27. The molecular weight excluding hydrogens is 150 g/mol. The predicted molar refractivity (Wildman–Crippen MR) is 34.2 cm³/mol. The van der Waals surface area contributed by atoms with E-state index in [1.165, 1.54) is 7.11 Å². The van der Waals surface area contributed by atoms with E-state index < -0.39 is 5.97 Å². The predicted octanol–water partition coefficient (Wildman–Crippen LogP) is 0.519. The summed E-state index contributed by atoms with van der Waals surface area (Å²) in [6, 6.07) is 0. The van der Waals surface area contributed by atoms with Crippen molar-refractivity contribution in [2.24, 2.45) is 0 Å². The maximum absolute atomic E-state index is 10.4. The second-order valence-corrected chi connectivity index (χ2v) is 1.86. The van der Waals surface area contributed by atoms with E-state index in [9.17, 15) is 4.79 Å². The molecule has 5 heteroatoms. The zero-order valence-electron chi connectivity index (χ0n) is 5.90. The quantitative estimate of drug-likeness (QED) is 0.692. The summed E-state index contributed by atoms with van der Waals surface area (Å²) in [6.07, 6.45) is 1.08. The molecule has 0 unspecified atom stereocenters. The minimum atomic E-state index is -1.11. The molecule has 1 aromatic heterocycles. The molecule has 0 saturated carbocycles. The van der Waals surface area contributed by atoms with E-state index in [1.807, 2.05) is 0 Å². The van der Waals surface area contributed by atoms with Crippen molar-refractivity contribution >= 4 is 5.97 Å². The number of rotatable bonds is 3. The van der Waals surface area contributed by atoms with Crippen LogP contribution >= 0.6 is 0 Å². The van der Waals surface area contributed by atoms with Crippen LogP contribution in [0.15, 0.2) is 10.8 Å². The maximum Gasteiger partial charge on any atom is 0.358 e. The minimum Gasteiger partial charge on any atom is -0.476 e. The second-order valence-electron chi connectivity index (χ2n) is 1.86. The van der Waals surface area contributed by atoms with Crippen molar-refractivity contribution in [3.63, 3.8) is 0 Å². The topological polar surface area (TPSA) is 72.6 Å². The average molecular weight is 157 g/mol. The van der Waals surface area contributed by atoms with Crippen LogP contribution in [0.4, 0.5) is 0 Å². The highest BCUT2D eigenvalue weighted by Crippen LogP contribution is 2.06. The third-order valence-electron chi connectivity index (χ3n) is 1.12. The van der Waals surface area contributed by atoms with Crippen LogP contribution in [0.2, 0.25) is 0 Å². The number of carbonyl (C=O) groups is 1. The number of nitrogens with zero attached hydrogens (tertiary/aromatic N) is 1. The summed E-state index contributed by atoms with van der Waals surface area (Å²) in [5.74, 6) is -0.870. The fourth-order valence-corrected chi connectivity index (χ4v) is 0.678. The lowest BCUT2D eigenvalue weighted by atomic mass is 10.3. The van der Waals surface area contributed by atoms with Gasteiger partial charge in [-0.2, -0.15) is 0 Å². The van der Waals surface area contributed by atoms with Crippen molar-refractivity contribution in [3.8, 4) is 0 Å². The Bertz CT molecular complexity index is 255. The van der Waals surface area contributed by atoms with Gasteiger partial charge in [-0.05, 0) is 0 Å². The Kier molecular flexibility index (Phi) is 2.22. The Labute approximate surface area is 62.6 Å². The number of carboxylic acids is 1. The number of hydrogen-bond acceptors (Lipinski definition) is 4. The number of carboxylic acid groups (broad SMARTS) is 1. The third-order valence-corrected chi connectivity index (χ3v) is 1.12. The summed E-state index contributed by atoms with van der Waals surface area (Å²) in [7, 11) is 1.45. The highest BCUT2D eigenvalue weighted by molar-refractivity contribution is 5.86. The van der Waals surface area contributed by atoms with Gasteiger partial charge in [0.05, 0.1) is 0 Å². The van der Waals surface area contributed by atoms with Crippen molar-refractivity contribution in [3.05, 3.63) is 17.8 Å². The summed E-state index contributed by atoms with van der Waals surface area (Å²) >= 11 is 0. The fraction of sp³-hybridized carbons (Fsp3) is 0.333. The van der Waals surface area contributed by atoms with E-state index in [-0.39, 0.29) is 18.1 Å². The number of oxazole rings is 1. The molecule has 0 aliphatic carbocycles. The van der Waals surface area contributed by atoms with Gasteiger partial charge in [0.1, 0.15) is 6.61 Å². The SMILES string of the molecule is COCc1ocnc1C(=O)O. The van der Waals surface area contributed by atoms with E-state index in [1.54, 1.807) is 0 Å². The maximum atomic E-state index is 10.4. The first kappa shape index (κ1) is 7.74. The van der Waals surface area contributed by atoms with Gasteiger partial charge in [0.15, 0.2) is 17.8 Å². The molecule has 0 aliphatic heterocycles. The molecule has 60 valence electrons. The molecule has 0 spiro atoms. The van der Waals surface area contributed by atoms with Crippen LogP contribution in [-0.4, -0.2) is 23.2 Å². The van der Waals surface area contributed by atoms with E-state index >= 15 is 0 Å². The van der Waals surface area contributed by atoms with E-state index in [2.05, 4.69) is 9.72 Å². The van der Waals surface area contributed by atoms with Crippen LogP contribution in [0.1, 0.15) is 16.2 Å². The lowest BCUT2D eigenvalue weighted by Gasteiger charge is -1.93. The van der Waals surface area contributed by atoms with Crippen molar-refractivity contribution in [2.45, 2.75) is 6.61 Å². The smallest absolute Gasteiger partial charge is 0.358 e. The largest absolute Gasteiger partial charge is 0.476 e. The Morgan fingerprint density at radius 3 is 3.18 bits per heavy atom. The van der Waals surface area contributed by atoms with E-state index in [4.69, 9.17) is 9.52 Å². The Hall–Kier alpha value is -1.36. The van der Waals surface area contributed by atoms with Gasteiger partial charge in [-0.25, -0.2) is 9.78 Å². The zero-order valence-corrected chi connectivity index (χ0v) is 5.90. The molecule has 1 N–H and O–H groups in total. The molecule has 0 aliphatic rings. The monoisotopic (exact) mass is 157 g/mol. The summed E-state index contributed by atoms with van der Waals surface area (Å²) in [5.41, 5.74) is -0.0909. The first-order valence-electron chi connectivity index (χ1n) is 2.90. The normalized spacial score (nSPS) is 9.91. The van der Waals surface area contributed by atoms with Gasteiger partial charge < -0.3 is 14.3 Å². The van der Waals surface area contributed by atoms with Crippen LogP contribution in [0.3, 0.4) is 0 Å². The molecular formula is C6H7NO4. The van der Waals surface area contributed by atoms with Crippen molar-refractivity contribution in [1.82, 2.24) is 4.98 Å². The molecule has 1 aromatic rings. The minimum absolute atomic E-state index is 0.0909. The van der Waals surface area contributed by atoms with Crippen LogP contribution in [0.25, 0.3) is 0 Å². The molecule has 5 nitrogen and oxygen atoms in total. The summed E-state index contributed by atoms with van der Waals surface area (Å²) < 4.78 is 9.43. The number of ether oxygens (including phenoxy) is 1. The molecule has 0 amide bonds. The number of aromatic nitrogens is 1. The number of hydrogen-bond donors (Lipinski definition) is 1. The van der Waals surface area contributed by atoms with E-state index in [0.717, 1.165) is 6.39 Å². The number of aromatic carboxylic acids is 1. The standard InChI is InChI=1S/C6H7NO4/c1-10-2-4-5(6(8)9)7-3-11-4/h3H,2H2,1H3,(H,8,9). The Morgan fingerprint density at radius 2 is 2.64 bits per heavy atom. The summed E-state index contributed by atoms with van der Waals surface area (Å²) in [4.78, 5) is 13.9. The third kappa shape index (κ3) is 1.56. The van der Waals surface area contributed by atoms with Gasteiger partial charge in [-0.3, -0.25) is 0 Å². The lowest BCUT2D eigenvalue weighted by Crippen LogP contribution is -2.01. The van der Waals surface area contributed by atoms with Crippen molar-refractivity contribution in [1.29, 1.82) is 0 Å². The molecule has 0 fully saturated rings. The summed E-state index contributed by atoms with van der Waals surface area (Å²) in [5, 5.41) is 8.50. The van der Waals surface area contributed by atoms with E-state index in [0.29, 0.717) is 0 Å². The van der Waals surface area contributed by atoms with Crippen LogP contribution in [0.5, 0.6) is 0 Å². The van der Waals surface area contributed by atoms with Gasteiger partial charge >= 0.3 is 5.97 Å². The Morgan fingerprint density at radius 1 is 1.91 bits per heavy atom. The van der Waals surface area contributed by atoms with Gasteiger partial charge in [0.25, 0.3) is 0 Å². The van der Waals surface area contributed by atoms with Crippen LogP contribution in [0, 0.1) is 0 Å². The number of methoxy groups -OCH3 is 1. The van der Waals surface area contributed by atoms with Crippen molar-refractivity contribution < 1.29 is 19.1 Å². The highest BCUT2D eigenvalue weighted by Gasteiger charge is 2.14. The highest BCUT2D eigenvalue weighted by atomic mass is 16.5. The lowest BCUT2D eigenvalue weighted by molar-refractivity contribution is 0.0682. The molecule has 0 atom stereocenters. The molecule has 11 heavy (non-hydrogen) atoms. The van der Waals surface area contributed by atoms with Crippen LogP contribution < -0.4 is 0 Å². The molecule has 0 bridgehead atoms. The van der Waals surface area contributed by atoms with Gasteiger partial charge in [-0.15, -0.1) is 0 Å². The average Bonchev–Trinajstić information content (AvgIpc) is 2.36. The Balaban J connectivity index is 2.87. The molecule has 0 aromatic carbocycles. The fourth-order valence-electron chi connectivity index (χ4n) is 0.678.